The Hall–Kier alpha value is -3.27. The molecule has 0 aliphatic carbocycles. The zero-order valence-corrected chi connectivity index (χ0v) is 21.5. The fourth-order valence-corrected chi connectivity index (χ4v) is 4.32. The molecule has 0 radical (unpaired) electrons. The highest BCUT2D eigenvalue weighted by Gasteiger charge is 2.28. The van der Waals surface area contributed by atoms with Crippen LogP contribution in [0.25, 0.3) is 0 Å². The van der Waals surface area contributed by atoms with E-state index in [1.165, 1.54) is 35.3 Å². The van der Waals surface area contributed by atoms with Gasteiger partial charge in [-0.05, 0) is 35.4 Å². The van der Waals surface area contributed by atoms with Crippen LogP contribution in [0.4, 0.5) is 26.6 Å². The molecule has 1 fully saturated rings. The summed E-state index contributed by atoms with van der Waals surface area (Å²) < 4.78 is 27.3. The number of halogens is 4. The van der Waals surface area contributed by atoms with Gasteiger partial charge in [0.2, 0.25) is 17.8 Å². The second-order valence-electron chi connectivity index (χ2n) is 8.30. The van der Waals surface area contributed by atoms with Crippen LogP contribution < -0.4 is 15.5 Å². The van der Waals surface area contributed by atoms with Crippen LogP contribution in [-0.2, 0) is 0 Å². The van der Waals surface area contributed by atoms with Gasteiger partial charge in [-0.15, -0.1) is 0 Å². The van der Waals surface area contributed by atoms with Gasteiger partial charge in [0.1, 0.15) is 11.6 Å². The van der Waals surface area contributed by atoms with Gasteiger partial charge >= 0.3 is 0 Å². The van der Waals surface area contributed by atoms with Gasteiger partial charge in [-0.25, -0.2) is 8.78 Å². The summed E-state index contributed by atoms with van der Waals surface area (Å²) in [5.41, 5.74) is 4.74. The third-order valence-corrected chi connectivity index (χ3v) is 6.25. The van der Waals surface area contributed by atoms with Gasteiger partial charge in [0.25, 0.3) is 0 Å². The Kier molecular flexibility index (Phi) is 9.65. The summed E-state index contributed by atoms with van der Waals surface area (Å²) in [6, 6.07) is 12.8. The standard InChI is InChI=1S/C26H27Cl2F2N7/c27-11-1-13-31-24-33-25(32-14-2-12-28)35-26(34-24)37-17-15-36(16-18-37)23(19-3-7-21(29)8-4-19)20-5-9-22(30)10-6-20/h1-12,23H,13-18H2,(H2,31,32,33,34,35). The van der Waals surface area contributed by atoms with Crippen molar-refractivity contribution in [3.8, 4) is 0 Å². The Morgan fingerprint density at radius 2 is 1.19 bits per heavy atom. The van der Waals surface area contributed by atoms with Crippen LogP contribution in [-0.4, -0.2) is 59.1 Å². The molecule has 2 heterocycles. The van der Waals surface area contributed by atoms with Crippen LogP contribution in [0.15, 0.2) is 71.8 Å². The zero-order valence-electron chi connectivity index (χ0n) is 20.0. The number of piperazine rings is 1. The number of anilines is 3. The van der Waals surface area contributed by atoms with Crippen molar-refractivity contribution in [2.45, 2.75) is 6.04 Å². The van der Waals surface area contributed by atoms with Crippen molar-refractivity contribution in [2.75, 3.05) is 54.8 Å². The molecule has 4 rings (SSSR count). The van der Waals surface area contributed by atoms with Gasteiger partial charge in [-0.3, -0.25) is 4.90 Å². The SMILES string of the molecule is Fc1ccc(C(c2ccc(F)cc2)N2CCN(c3nc(NCC=CCl)nc(NCC=CCl)n3)CC2)cc1. The number of nitrogens with one attached hydrogen (secondary N) is 2. The van der Waals surface area contributed by atoms with E-state index in [-0.39, 0.29) is 17.7 Å². The number of hydrogen-bond acceptors (Lipinski definition) is 7. The Morgan fingerprint density at radius 3 is 1.62 bits per heavy atom. The van der Waals surface area contributed by atoms with E-state index in [1.807, 2.05) is 0 Å². The van der Waals surface area contributed by atoms with Crippen LogP contribution in [0.3, 0.4) is 0 Å². The van der Waals surface area contributed by atoms with E-state index < -0.39 is 0 Å². The van der Waals surface area contributed by atoms with E-state index in [2.05, 4.69) is 35.4 Å². The van der Waals surface area contributed by atoms with Crippen LogP contribution in [0.2, 0.25) is 0 Å². The van der Waals surface area contributed by atoms with E-state index in [4.69, 9.17) is 23.2 Å². The lowest BCUT2D eigenvalue weighted by molar-refractivity contribution is 0.211. The molecule has 0 unspecified atom stereocenters. The molecule has 37 heavy (non-hydrogen) atoms. The smallest absolute Gasteiger partial charge is 0.232 e. The lowest BCUT2D eigenvalue weighted by Crippen LogP contribution is -2.48. The predicted octanol–water partition coefficient (Wildman–Crippen LogP) is 5.39. The van der Waals surface area contributed by atoms with Crippen molar-refractivity contribution in [1.82, 2.24) is 19.9 Å². The Balaban J connectivity index is 1.53. The van der Waals surface area contributed by atoms with Crippen molar-refractivity contribution < 1.29 is 8.78 Å². The zero-order chi connectivity index (χ0) is 26.0. The monoisotopic (exact) mass is 545 g/mol. The van der Waals surface area contributed by atoms with Crippen molar-refractivity contribution >= 4 is 41.0 Å². The van der Waals surface area contributed by atoms with Crippen molar-refractivity contribution in [3.05, 3.63) is 94.5 Å². The first-order valence-corrected chi connectivity index (χ1v) is 12.7. The molecule has 0 spiro atoms. The van der Waals surface area contributed by atoms with Gasteiger partial charge in [-0.2, -0.15) is 15.0 Å². The molecule has 1 aromatic heterocycles. The van der Waals surface area contributed by atoms with E-state index in [1.54, 1.807) is 36.4 Å². The molecule has 0 saturated carbocycles. The molecule has 7 nitrogen and oxygen atoms in total. The number of hydrogen-bond donors (Lipinski definition) is 2. The molecule has 1 saturated heterocycles. The van der Waals surface area contributed by atoms with E-state index in [0.717, 1.165) is 11.1 Å². The molecular formula is C26H27Cl2F2N7. The Morgan fingerprint density at radius 1 is 0.730 bits per heavy atom. The maximum Gasteiger partial charge on any atom is 0.232 e. The van der Waals surface area contributed by atoms with E-state index >= 15 is 0 Å². The van der Waals surface area contributed by atoms with Crippen molar-refractivity contribution in [1.29, 1.82) is 0 Å². The first-order valence-electron chi connectivity index (χ1n) is 11.8. The highest BCUT2D eigenvalue weighted by atomic mass is 35.5. The van der Waals surface area contributed by atoms with Crippen molar-refractivity contribution in [3.63, 3.8) is 0 Å². The maximum atomic E-state index is 13.6. The summed E-state index contributed by atoms with van der Waals surface area (Å²) in [6.07, 6.45) is 3.50. The summed E-state index contributed by atoms with van der Waals surface area (Å²) in [5, 5.41) is 6.24. The van der Waals surface area contributed by atoms with Crippen molar-refractivity contribution in [2.24, 2.45) is 0 Å². The fraction of sp³-hybridized carbons (Fsp3) is 0.269. The largest absolute Gasteiger partial charge is 0.351 e. The molecule has 2 N–H and O–H groups in total. The van der Waals surface area contributed by atoms with Gasteiger partial charge < -0.3 is 15.5 Å². The topological polar surface area (TPSA) is 69.2 Å². The number of aromatic nitrogens is 3. The molecule has 3 aromatic rings. The van der Waals surface area contributed by atoms with Gasteiger partial charge in [0.05, 0.1) is 6.04 Å². The Bertz CT molecular complexity index is 1120. The number of benzene rings is 2. The minimum atomic E-state index is -0.293. The summed E-state index contributed by atoms with van der Waals surface area (Å²) in [4.78, 5) is 18.0. The average Bonchev–Trinajstić information content (AvgIpc) is 2.92. The summed E-state index contributed by atoms with van der Waals surface area (Å²) in [6.45, 7) is 3.65. The second kappa shape index (κ2) is 13.3. The number of rotatable bonds is 10. The van der Waals surface area contributed by atoms with E-state index in [0.29, 0.717) is 57.1 Å². The summed E-state index contributed by atoms with van der Waals surface area (Å²) in [5.74, 6) is 0.811. The highest BCUT2D eigenvalue weighted by Crippen LogP contribution is 2.30. The van der Waals surface area contributed by atoms with Crippen LogP contribution in [0.1, 0.15) is 17.2 Å². The number of nitrogens with zero attached hydrogens (tertiary/aromatic N) is 5. The fourth-order valence-electron chi connectivity index (χ4n) is 4.14. The maximum absolute atomic E-state index is 13.6. The van der Waals surface area contributed by atoms with Gasteiger partial charge in [-0.1, -0.05) is 59.6 Å². The predicted molar refractivity (Wildman–Crippen MR) is 145 cm³/mol. The first-order chi connectivity index (χ1) is 18.1. The third kappa shape index (κ3) is 7.38. The molecule has 2 aromatic carbocycles. The Labute approximate surface area is 224 Å². The minimum Gasteiger partial charge on any atom is -0.351 e. The van der Waals surface area contributed by atoms with Crippen LogP contribution in [0.5, 0.6) is 0 Å². The molecule has 194 valence electrons. The summed E-state index contributed by atoms with van der Waals surface area (Å²) in [7, 11) is 0. The van der Waals surface area contributed by atoms with Gasteiger partial charge in [0.15, 0.2) is 0 Å². The van der Waals surface area contributed by atoms with E-state index in [9.17, 15) is 8.78 Å². The highest BCUT2D eigenvalue weighted by molar-refractivity contribution is 6.25. The lowest BCUT2D eigenvalue weighted by Gasteiger charge is -2.39. The normalized spacial score (nSPS) is 14.7. The molecular weight excluding hydrogens is 519 g/mol. The molecule has 11 heteroatoms. The van der Waals surface area contributed by atoms with Crippen LogP contribution in [0, 0.1) is 11.6 Å². The minimum absolute atomic E-state index is 0.138. The quantitative estimate of drug-likeness (QED) is 0.354. The molecule has 1 aliphatic rings. The second-order valence-corrected chi connectivity index (χ2v) is 8.80. The molecule has 0 bridgehead atoms. The first kappa shape index (κ1) is 26.8. The summed E-state index contributed by atoms with van der Waals surface area (Å²) >= 11 is 11.2. The van der Waals surface area contributed by atoms with Gasteiger partial charge in [0, 0.05) is 50.3 Å². The van der Waals surface area contributed by atoms with Crippen LogP contribution >= 0.6 is 23.2 Å². The lowest BCUT2D eigenvalue weighted by atomic mass is 9.96. The molecule has 0 amide bonds. The third-order valence-electron chi connectivity index (χ3n) is 5.89. The molecule has 1 aliphatic heterocycles. The average molecular weight is 546 g/mol. The molecule has 0 atom stereocenters.